The molecule has 0 saturated carbocycles. The summed E-state index contributed by atoms with van der Waals surface area (Å²) in [6, 6.07) is 4.32. The highest BCUT2D eigenvalue weighted by Gasteiger charge is 2.14. The Balaban J connectivity index is 3.00. The molecule has 16 heavy (non-hydrogen) atoms. The summed E-state index contributed by atoms with van der Waals surface area (Å²) in [6.45, 7) is 0. The minimum Gasteiger partial charge on any atom is -0.351 e. The van der Waals surface area contributed by atoms with Crippen LogP contribution in [0.25, 0.3) is 0 Å². The Hall–Kier alpha value is -1.04. The number of nitrogens with one attached hydrogen (secondary N) is 1. The van der Waals surface area contributed by atoms with Crippen LogP contribution in [0, 0.1) is 0 Å². The first kappa shape index (κ1) is 13.0. The lowest BCUT2D eigenvalue weighted by molar-refractivity contribution is 0.253. The van der Waals surface area contributed by atoms with E-state index in [1.165, 1.54) is 4.90 Å². The minimum absolute atomic E-state index is 0.127. The van der Waals surface area contributed by atoms with Crippen LogP contribution in [0.2, 0.25) is 10.0 Å². The normalized spacial score (nSPS) is 9.69. The lowest BCUT2D eigenvalue weighted by atomic mass is 10.3. The quantitative estimate of drug-likeness (QED) is 0.775. The van der Waals surface area contributed by atoms with Crippen molar-refractivity contribution < 1.29 is 4.79 Å². The van der Waals surface area contributed by atoms with Crippen LogP contribution in [0.5, 0.6) is 0 Å². The SMILES string of the molecule is CN(C(=S)NC(N)=O)c1c(Cl)cccc1Cl. The highest BCUT2D eigenvalue weighted by molar-refractivity contribution is 7.80. The number of nitrogens with zero attached hydrogens (tertiary/aromatic N) is 1. The van der Waals surface area contributed by atoms with Crippen LogP contribution in [0.15, 0.2) is 18.2 Å². The van der Waals surface area contributed by atoms with Crippen LogP contribution < -0.4 is 16.0 Å². The molecule has 4 nitrogen and oxygen atoms in total. The van der Waals surface area contributed by atoms with Gasteiger partial charge in [0.25, 0.3) is 0 Å². The smallest absolute Gasteiger partial charge is 0.318 e. The number of halogens is 2. The molecule has 0 saturated heterocycles. The van der Waals surface area contributed by atoms with Gasteiger partial charge < -0.3 is 10.6 Å². The van der Waals surface area contributed by atoms with Gasteiger partial charge in [0.2, 0.25) is 0 Å². The van der Waals surface area contributed by atoms with Crippen LogP contribution in [0.1, 0.15) is 0 Å². The number of anilines is 1. The molecule has 7 heteroatoms. The van der Waals surface area contributed by atoms with Gasteiger partial charge in [0.1, 0.15) is 0 Å². The summed E-state index contributed by atoms with van der Waals surface area (Å²) in [5, 5.41) is 3.27. The number of para-hydroxylation sites is 1. The third kappa shape index (κ3) is 2.98. The fraction of sp³-hybridized carbons (Fsp3) is 0.111. The van der Waals surface area contributed by atoms with Gasteiger partial charge in [0.05, 0.1) is 15.7 Å². The number of amides is 2. The van der Waals surface area contributed by atoms with E-state index in [1.807, 2.05) is 0 Å². The van der Waals surface area contributed by atoms with Crippen molar-refractivity contribution in [1.29, 1.82) is 0 Å². The second-order valence-corrected chi connectivity index (χ2v) is 4.12. The first-order valence-corrected chi connectivity index (χ1v) is 5.38. The van der Waals surface area contributed by atoms with Gasteiger partial charge in [-0.3, -0.25) is 5.32 Å². The average molecular weight is 278 g/mol. The third-order valence-electron chi connectivity index (χ3n) is 1.81. The van der Waals surface area contributed by atoms with Gasteiger partial charge in [-0.15, -0.1) is 0 Å². The maximum atomic E-state index is 10.6. The number of rotatable bonds is 1. The van der Waals surface area contributed by atoms with E-state index in [0.29, 0.717) is 15.7 Å². The molecule has 0 fully saturated rings. The fourth-order valence-electron chi connectivity index (χ4n) is 1.10. The highest BCUT2D eigenvalue weighted by Crippen LogP contribution is 2.32. The van der Waals surface area contributed by atoms with Crippen molar-refractivity contribution in [2.24, 2.45) is 5.73 Å². The van der Waals surface area contributed by atoms with Crippen molar-refractivity contribution in [3.8, 4) is 0 Å². The van der Waals surface area contributed by atoms with Crippen molar-refractivity contribution >= 4 is 52.3 Å². The van der Waals surface area contributed by atoms with Crippen LogP contribution in [-0.2, 0) is 0 Å². The summed E-state index contributed by atoms with van der Waals surface area (Å²) >= 11 is 16.9. The van der Waals surface area contributed by atoms with Gasteiger partial charge in [-0.2, -0.15) is 0 Å². The molecular formula is C9H9Cl2N3OS. The van der Waals surface area contributed by atoms with E-state index in [2.05, 4.69) is 5.32 Å². The topological polar surface area (TPSA) is 58.4 Å². The Kier molecular flexibility index (Phi) is 4.35. The fourth-order valence-corrected chi connectivity index (χ4v) is 1.94. The number of nitrogens with two attached hydrogens (primary N) is 1. The van der Waals surface area contributed by atoms with E-state index >= 15 is 0 Å². The molecule has 0 bridgehead atoms. The third-order valence-corrected chi connectivity index (χ3v) is 2.79. The molecule has 0 heterocycles. The predicted molar refractivity (Wildman–Crippen MR) is 70.2 cm³/mol. The van der Waals surface area contributed by atoms with Gasteiger partial charge >= 0.3 is 6.03 Å². The summed E-state index contributed by atoms with van der Waals surface area (Å²) in [7, 11) is 1.63. The van der Waals surface area contributed by atoms with E-state index in [0.717, 1.165) is 0 Å². The number of primary amides is 1. The number of carbonyl (C=O) groups is 1. The summed E-state index contributed by atoms with van der Waals surface area (Å²) in [5.41, 5.74) is 5.47. The maximum absolute atomic E-state index is 10.6. The summed E-state index contributed by atoms with van der Waals surface area (Å²) in [4.78, 5) is 12.1. The largest absolute Gasteiger partial charge is 0.351 e. The molecule has 1 aromatic carbocycles. The van der Waals surface area contributed by atoms with Crippen LogP contribution in [0.3, 0.4) is 0 Å². The molecule has 0 aliphatic rings. The Bertz CT molecular complexity index is 419. The van der Waals surface area contributed by atoms with Gasteiger partial charge in [-0.1, -0.05) is 29.3 Å². The lowest BCUT2D eigenvalue weighted by Gasteiger charge is -2.21. The van der Waals surface area contributed by atoms with Crippen molar-refractivity contribution in [3.63, 3.8) is 0 Å². The molecule has 0 radical (unpaired) electrons. The Morgan fingerprint density at radius 1 is 1.44 bits per heavy atom. The van der Waals surface area contributed by atoms with Crippen molar-refractivity contribution in [2.75, 3.05) is 11.9 Å². The average Bonchev–Trinajstić information content (AvgIpc) is 2.16. The maximum Gasteiger partial charge on any atom is 0.318 e. The van der Waals surface area contributed by atoms with E-state index in [9.17, 15) is 4.79 Å². The number of thiocarbonyl (C=S) groups is 1. The minimum atomic E-state index is -0.736. The van der Waals surface area contributed by atoms with Gasteiger partial charge in [0, 0.05) is 7.05 Å². The number of hydrogen-bond acceptors (Lipinski definition) is 2. The van der Waals surface area contributed by atoms with E-state index in [-0.39, 0.29) is 5.11 Å². The van der Waals surface area contributed by atoms with Crippen LogP contribution >= 0.6 is 35.4 Å². The summed E-state index contributed by atoms with van der Waals surface area (Å²) < 4.78 is 0. The van der Waals surface area contributed by atoms with Crippen molar-refractivity contribution in [3.05, 3.63) is 28.2 Å². The summed E-state index contributed by atoms with van der Waals surface area (Å²) in [5.74, 6) is 0. The monoisotopic (exact) mass is 277 g/mol. The lowest BCUT2D eigenvalue weighted by Crippen LogP contribution is -2.43. The number of urea groups is 1. The number of carbonyl (C=O) groups excluding carboxylic acids is 1. The van der Waals surface area contributed by atoms with Crippen LogP contribution in [-0.4, -0.2) is 18.2 Å². The van der Waals surface area contributed by atoms with Gasteiger partial charge in [-0.25, -0.2) is 4.79 Å². The zero-order chi connectivity index (χ0) is 12.3. The predicted octanol–water partition coefficient (Wildman–Crippen LogP) is 2.38. The molecule has 1 aromatic rings. The summed E-state index contributed by atoms with van der Waals surface area (Å²) in [6.07, 6.45) is 0. The zero-order valence-corrected chi connectivity index (χ0v) is 10.7. The van der Waals surface area contributed by atoms with E-state index in [4.69, 9.17) is 41.2 Å². The van der Waals surface area contributed by atoms with Crippen LogP contribution in [0.4, 0.5) is 10.5 Å². The molecule has 0 atom stereocenters. The van der Waals surface area contributed by atoms with Gasteiger partial charge in [0.15, 0.2) is 5.11 Å². The number of benzene rings is 1. The molecule has 86 valence electrons. The molecule has 2 amide bonds. The van der Waals surface area contributed by atoms with Crippen molar-refractivity contribution in [1.82, 2.24) is 5.32 Å². The molecule has 3 N–H and O–H groups in total. The molecule has 1 rings (SSSR count). The second kappa shape index (κ2) is 5.34. The Morgan fingerprint density at radius 2 is 1.94 bits per heavy atom. The molecule has 0 unspecified atom stereocenters. The molecule has 0 aromatic heterocycles. The first-order chi connectivity index (χ1) is 7.43. The number of hydrogen-bond donors (Lipinski definition) is 2. The Morgan fingerprint density at radius 3 is 2.38 bits per heavy atom. The first-order valence-electron chi connectivity index (χ1n) is 4.21. The zero-order valence-electron chi connectivity index (χ0n) is 8.33. The molecule has 0 spiro atoms. The second-order valence-electron chi connectivity index (χ2n) is 2.92. The van der Waals surface area contributed by atoms with E-state index in [1.54, 1.807) is 25.2 Å². The van der Waals surface area contributed by atoms with Crippen molar-refractivity contribution in [2.45, 2.75) is 0 Å². The molecular weight excluding hydrogens is 269 g/mol. The van der Waals surface area contributed by atoms with E-state index < -0.39 is 6.03 Å². The molecule has 0 aliphatic carbocycles. The standard InChI is InChI=1S/C9H9Cl2N3OS/c1-14(9(16)13-8(12)15)7-5(10)3-2-4-6(7)11/h2-4H,1H3,(H3,12,13,15,16). The Labute approximate surface area is 108 Å². The van der Waals surface area contributed by atoms with Gasteiger partial charge in [-0.05, 0) is 24.4 Å². The highest BCUT2D eigenvalue weighted by atomic mass is 35.5. The molecule has 0 aliphatic heterocycles.